The molecule has 2 atom stereocenters. The summed E-state index contributed by atoms with van der Waals surface area (Å²) in [6, 6.07) is 1.43. The maximum atomic E-state index is 12.3. The molecule has 8 nitrogen and oxygen atoms in total. The summed E-state index contributed by atoms with van der Waals surface area (Å²) in [6.45, 7) is 0. The average molecular weight is 435 g/mol. The van der Waals surface area contributed by atoms with Crippen LogP contribution in [0, 0.1) is 0 Å². The van der Waals surface area contributed by atoms with Gasteiger partial charge in [0.2, 0.25) is 0 Å². The highest BCUT2D eigenvalue weighted by Crippen LogP contribution is 2.17. The van der Waals surface area contributed by atoms with Gasteiger partial charge in [0.1, 0.15) is 12.1 Å². The van der Waals surface area contributed by atoms with Crippen molar-refractivity contribution in [2.75, 3.05) is 38.2 Å². The van der Waals surface area contributed by atoms with Crippen LogP contribution in [-0.4, -0.2) is 74.1 Å². The van der Waals surface area contributed by atoms with Crippen molar-refractivity contribution in [3.05, 3.63) is 21.9 Å². The van der Waals surface area contributed by atoms with Gasteiger partial charge >= 0.3 is 11.9 Å². The maximum Gasteiger partial charge on any atom is 0.329 e. The van der Waals surface area contributed by atoms with Gasteiger partial charge in [-0.1, -0.05) is 0 Å². The molecule has 2 unspecified atom stereocenters. The van der Waals surface area contributed by atoms with Gasteiger partial charge in [0.25, 0.3) is 11.8 Å². The van der Waals surface area contributed by atoms with Gasteiger partial charge in [-0.3, -0.25) is 9.59 Å². The fourth-order valence-electron chi connectivity index (χ4n) is 2.00. The quantitative estimate of drug-likeness (QED) is 0.525. The normalized spacial score (nSPS) is 12.6. The Kier molecular flexibility index (Phi) is 10.3. The lowest BCUT2D eigenvalue weighted by Crippen LogP contribution is -2.43. The van der Waals surface area contributed by atoms with Crippen LogP contribution >= 0.6 is 34.9 Å². The third-order valence-corrected chi connectivity index (χ3v) is 5.72. The Balaban J connectivity index is 2.80. The summed E-state index contributed by atoms with van der Waals surface area (Å²) in [6.07, 6.45) is 3.62. The zero-order valence-corrected chi connectivity index (χ0v) is 17.8. The molecule has 0 radical (unpaired) electrons. The van der Waals surface area contributed by atoms with Gasteiger partial charge < -0.3 is 20.1 Å². The van der Waals surface area contributed by atoms with E-state index >= 15 is 0 Å². The minimum Gasteiger partial charge on any atom is -0.467 e. The van der Waals surface area contributed by atoms with E-state index < -0.39 is 35.8 Å². The number of thioether (sulfide) groups is 2. The highest BCUT2D eigenvalue weighted by molar-refractivity contribution is 7.98. The van der Waals surface area contributed by atoms with Gasteiger partial charge in [0.05, 0.1) is 24.0 Å². The van der Waals surface area contributed by atoms with Crippen LogP contribution in [0.5, 0.6) is 0 Å². The highest BCUT2D eigenvalue weighted by Gasteiger charge is 2.25. The van der Waals surface area contributed by atoms with Crippen molar-refractivity contribution in [1.82, 2.24) is 10.6 Å². The number of ether oxygens (including phenoxy) is 2. The van der Waals surface area contributed by atoms with Crippen molar-refractivity contribution in [3.8, 4) is 0 Å². The van der Waals surface area contributed by atoms with Crippen LogP contribution in [0.3, 0.4) is 0 Å². The monoisotopic (exact) mass is 434 g/mol. The first-order chi connectivity index (χ1) is 12.9. The molecule has 0 spiro atoms. The lowest BCUT2D eigenvalue weighted by molar-refractivity contribution is -0.143. The molecule has 1 aromatic rings. The lowest BCUT2D eigenvalue weighted by atomic mass is 10.3. The standard InChI is InChI=1S/C16H22N2O6S3/c1-23-15(21)9(7-25-3)17-13(19)11-5-6-12(27-11)14(20)18-10(8-26-4)16(22)24-2/h5-6,9-10H,7-8H2,1-4H3,(H,17,19)(H,18,20). The zero-order chi connectivity index (χ0) is 20.4. The number of nitrogens with one attached hydrogen (secondary N) is 2. The summed E-state index contributed by atoms with van der Waals surface area (Å²) in [5.41, 5.74) is 0. The lowest BCUT2D eigenvalue weighted by Gasteiger charge is -2.15. The van der Waals surface area contributed by atoms with Gasteiger partial charge in [-0.05, 0) is 24.6 Å². The van der Waals surface area contributed by atoms with E-state index in [1.807, 2.05) is 12.5 Å². The minimum atomic E-state index is -0.776. The van der Waals surface area contributed by atoms with Gasteiger partial charge in [-0.25, -0.2) is 9.59 Å². The Morgan fingerprint density at radius 3 is 1.56 bits per heavy atom. The SMILES string of the molecule is COC(=O)C(CSC)NC(=O)c1ccc(C(=O)NC(CSC)C(=O)OC)s1. The maximum absolute atomic E-state index is 12.3. The number of rotatable bonds is 10. The van der Waals surface area contributed by atoms with Gasteiger partial charge in [-0.2, -0.15) is 23.5 Å². The van der Waals surface area contributed by atoms with E-state index in [1.54, 1.807) is 0 Å². The van der Waals surface area contributed by atoms with Crippen LogP contribution in [0.15, 0.2) is 12.1 Å². The molecule has 11 heteroatoms. The molecule has 2 N–H and O–H groups in total. The Morgan fingerprint density at radius 2 is 1.26 bits per heavy atom. The minimum absolute atomic E-state index is 0.273. The first-order valence-corrected chi connectivity index (χ1v) is 11.3. The second kappa shape index (κ2) is 11.9. The Hall–Kier alpha value is -1.72. The number of amides is 2. The van der Waals surface area contributed by atoms with Crippen LogP contribution in [-0.2, 0) is 19.1 Å². The molecular formula is C16H22N2O6S3. The third kappa shape index (κ3) is 7.07. The molecular weight excluding hydrogens is 412 g/mol. The van der Waals surface area contributed by atoms with Gasteiger partial charge in [0.15, 0.2) is 0 Å². The number of carbonyl (C=O) groups is 4. The predicted molar refractivity (Wildman–Crippen MR) is 108 cm³/mol. The van der Waals surface area contributed by atoms with Gasteiger partial charge in [0, 0.05) is 11.5 Å². The summed E-state index contributed by atoms with van der Waals surface area (Å²) < 4.78 is 9.34. The molecule has 1 rings (SSSR count). The van der Waals surface area contributed by atoms with Crippen LogP contribution in [0.25, 0.3) is 0 Å². The van der Waals surface area contributed by atoms with Crippen molar-refractivity contribution in [2.45, 2.75) is 12.1 Å². The number of hydrogen-bond donors (Lipinski definition) is 2. The van der Waals surface area contributed by atoms with Crippen LogP contribution in [0.2, 0.25) is 0 Å². The topological polar surface area (TPSA) is 111 Å². The van der Waals surface area contributed by atoms with E-state index in [4.69, 9.17) is 0 Å². The fraction of sp³-hybridized carbons (Fsp3) is 0.500. The van der Waals surface area contributed by atoms with Crippen LogP contribution < -0.4 is 10.6 Å². The van der Waals surface area contributed by atoms with Crippen LogP contribution in [0.1, 0.15) is 19.3 Å². The summed E-state index contributed by atoms with van der Waals surface area (Å²) in [7, 11) is 2.50. The van der Waals surface area contributed by atoms with Crippen molar-refractivity contribution in [3.63, 3.8) is 0 Å². The molecule has 0 fully saturated rings. The van der Waals surface area contributed by atoms with E-state index in [9.17, 15) is 19.2 Å². The molecule has 0 bridgehead atoms. The van der Waals surface area contributed by atoms with Crippen molar-refractivity contribution >= 4 is 58.6 Å². The van der Waals surface area contributed by atoms with E-state index in [-0.39, 0.29) is 9.75 Å². The molecule has 0 saturated carbocycles. The van der Waals surface area contributed by atoms with E-state index in [1.165, 1.54) is 49.9 Å². The second-order valence-electron chi connectivity index (χ2n) is 5.17. The average Bonchev–Trinajstić information content (AvgIpc) is 3.16. The number of methoxy groups -OCH3 is 2. The number of thiophene rings is 1. The molecule has 0 aromatic carbocycles. The first kappa shape index (κ1) is 23.3. The third-order valence-electron chi connectivity index (χ3n) is 3.30. The Bertz CT molecular complexity index is 624. The fourth-order valence-corrected chi connectivity index (χ4v) is 3.91. The number of esters is 2. The van der Waals surface area contributed by atoms with E-state index in [0.29, 0.717) is 11.5 Å². The molecule has 0 aliphatic carbocycles. The second-order valence-corrected chi connectivity index (χ2v) is 8.08. The molecule has 27 heavy (non-hydrogen) atoms. The highest BCUT2D eigenvalue weighted by atomic mass is 32.2. The molecule has 1 heterocycles. The first-order valence-electron chi connectivity index (χ1n) is 7.73. The summed E-state index contributed by atoms with van der Waals surface area (Å²) in [4.78, 5) is 48.6. The smallest absolute Gasteiger partial charge is 0.329 e. The van der Waals surface area contributed by atoms with Gasteiger partial charge in [-0.15, -0.1) is 11.3 Å². The molecule has 0 aliphatic rings. The summed E-state index contributed by atoms with van der Waals surface area (Å²) in [5.74, 6) is -1.29. The molecule has 1 aromatic heterocycles. The Morgan fingerprint density at radius 1 is 0.889 bits per heavy atom. The Labute approximate surface area is 170 Å². The molecule has 0 aliphatic heterocycles. The zero-order valence-electron chi connectivity index (χ0n) is 15.4. The number of carbonyl (C=O) groups excluding carboxylic acids is 4. The number of hydrogen-bond acceptors (Lipinski definition) is 9. The van der Waals surface area contributed by atoms with Crippen molar-refractivity contribution in [2.24, 2.45) is 0 Å². The largest absolute Gasteiger partial charge is 0.467 e. The van der Waals surface area contributed by atoms with E-state index in [2.05, 4.69) is 20.1 Å². The predicted octanol–water partition coefficient (Wildman–Crippen LogP) is 1.02. The molecule has 150 valence electrons. The summed E-state index contributed by atoms with van der Waals surface area (Å²) >= 11 is 3.76. The summed E-state index contributed by atoms with van der Waals surface area (Å²) in [5, 5.41) is 5.19. The molecule has 0 saturated heterocycles. The van der Waals surface area contributed by atoms with E-state index in [0.717, 1.165) is 11.3 Å². The molecule has 2 amide bonds. The van der Waals surface area contributed by atoms with Crippen molar-refractivity contribution < 1.29 is 28.7 Å². The van der Waals surface area contributed by atoms with Crippen LogP contribution in [0.4, 0.5) is 0 Å². The van der Waals surface area contributed by atoms with Crippen molar-refractivity contribution in [1.29, 1.82) is 0 Å².